The molecule has 1 fully saturated rings. The van der Waals surface area contributed by atoms with Gasteiger partial charge in [-0.25, -0.2) is 0 Å². The zero-order valence-corrected chi connectivity index (χ0v) is 16.2. The smallest absolute Gasteiger partial charge is 0.297 e. The highest BCUT2D eigenvalue weighted by Crippen LogP contribution is 2.31. The summed E-state index contributed by atoms with van der Waals surface area (Å²) in [4.78, 5) is 39.4. The van der Waals surface area contributed by atoms with Gasteiger partial charge in [0.1, 0.15) is 6.42 Å². The molecule has 154 valence electrons. The van der Waals surface area contributed by atoms with E-state index in [0.29, 0.717) is 37.6 Å². The van der Waals surface area contributed by atoms with E-state index in [1.165, 1.54) is 4.90 Å². The number of amides is 1. The first-order valence-electron chi connectivity index (χ1n) is 9.11. The molecule has 1 aromatic rings. The number of nitro groups is 2. The van der Waals surface area contributed by atoms with Gasteiger partial charge in [0, 0.05) is 45.8 Å². The summed E-state index contributed by atoms with van der Waals surface area (Å²) in [6.07, 6.45) is -0.376. The second kappa shape index (κ2) is 8.17. The van der Waals surface area contributed by atoms with Gasteiger partial charge >= 0.3 is 0 Å². The van der Waals surface area contributed by atoms with E-state index in [1.807, 2.05) is 6.07 Å². The van der Waals surface area contributed by atoms with Gasteiger partial charge in [0.25, 0.3) is 17.3 Å². The Hall–Kier alpha value is -3.63. The highest BCUT2D eigenvalue weighted by molar-refractivity contribution is 5.94. The van der Waals surface area contributed by atoms with Gasteiger partial charge in [0.05, 0.1) is 9.85 Å². The Balaban J connectivity index is 1.81. The highest BCUT2D eigenvalue weighted by atomic mass is 16.6. The molecule has 3 rings (SSSR count). The summed E-state index contributed by atoms with van der Waals surface area (Å²) in [5.41, 5.74) is 0.126. The van der Waals surface area contributed by atoms with Gasteiger partial charge < -0.3 is 20.0 Å². The lowest BCUT2D eigenvalue weighted by molar-refractivity contribution is -0.455. The Labute approximate surface area is 167 Å². The lowest BCUT2D eigenvalue weighted by Crippen LogP contribution is -2.52. The summed E-state index contributed by atoms with van der Waals surface area (Å²) >= 11 is 0. The number of carbonyl (C=O) groups excluding carboxylic acids is 1. The molecule has 0 unspecified atom stereocenters. The van der Waals surface area contributed by atoms with Crippen molar-refractivity contribution in [1.29, 1.82) is 0 Å². The number of benzene rings is 1. The van der Waals surface area contributed by atoms with Crippen molar-refractivity contribution < 1.29 is 14.6 Å². The van der Waals surface area contributed by atoms with Crippen LogP contribution in [-0.2, 0) is 0 Å². The molecule has 2 heterocycles. The largest absolute Gasteiger partial charge is 0.369 e. The van der Waals surface area contributed by atoms with Crippen LogP contribution >= 0.6 is 0 Å². The molecule has 0 aliphatic carbocycles. The minimum Gasteiger partial charge on any atom is -0.369 e. The molecule has 0 saturated carbocycles. The molecule has 1 amide bonds. The van der Waals surface area contributed by atoms with Crippen molar-refractivity contribution in [3.8, 4) is 0 Å². The topological polar surface area (TPSA) is 125 Å². The zero-order valence-electron chi connectivity index (χ0n) is 16.2. The zero-order chi connectivity index (χ0) is 21.1. The Morgan fingerprint density at radius 2 is 1.59 bits per heavy atom. The summed E-state index contributed by atoms with van der Waals surface area (Å²) in [5, 5.41) is 25.8. The maximum Gasteiger partial charge on any atom is 0.297 e. The Morgan fingerprint density at radius 3 is 2.10 bits per heavy atom. The summed E-state index contributed by atoms with van der Waals surface area (Å²) in [6.45, 7) is 1.58. The third-order valence-corrected chi connectivity index (χ3v) is 5.08. The second-order valence-corrected chi connectivity index (χ2v) is 6.71. The van der Waals surface area contributed by atoms with Crippen molar-refractivity contribution in [2.24, 2.45) is 0 Å². The number of piperazine rings is 1. The van der Waals surface area contributed by atoms with Gasteiger partial charge in [-0.15, -0.1) is 0 Å². The summed E-state index contributed by atoms with van der Waals surface area (Å²) in [7, 11) is 3.11. The van der Waals surface area contributed by atoms with Crippen molar-refractivity contribution in [2.45, 2.75) is 6.42 Å². The summed E-state index contributed by atoms with van der Waals surface area (Å²) in [5.74, 6) is 0.451. The average Bonchev–Trinajstić information content (AvgIpc) is 2.73. The van der Waals surface area contributed by atoms with Gasteiger partial charge in [0.2, 0.25) is 0 Å². The Kier molecular flexibility index (Phi) is 5.66. The van der Waals surface area contributed by atoms with Crippen LogP contribution in [0.1, 0.15) is 16.8 Å². The van der Waals surface area contributed by atoms with Crippen molar-refractivity contribution >= 4 is 5.91 Å². The van der Waals surface area contributed by atoms with E-state index in [9.17, 15) is 25.0 Å². The molecular weight excluding hydrogens is 380 g/mol. The normalized spacial score (nSPS) is 17.5. The molecule has 11 nitrogen and oxygen atoms in total. The van der Waals surface area contributed by atoms with Crippen LogP contribution in [0, 0.1) is 20.2 Å². The third kappa shape index (κ3) is 3.84. The predicted octanol–water partition coefficient (Wildman–Crippen LogP) is 0.891. The van der Waals surface area contributed by atoms with Gasteiger partial charge in [-0.3, -0.25) is 25.0 Å². The fourth-order valence-electron chi connectivity index (χ4n) is 3.70. The lowest BCUT2D eigenvalue weighted by atomic mass is 10.1. The molecule has 0 aromatic heterocycles. The lowest BCUT2D eigenvalue weighted by Gasteiger charge is -2.40. The fourth-order valence-corrected chi connectivity index (χ4v) is 3.70. The summed E-state index contributed by atoms with van der Waals surface area (Å²) < 4.78 is 0. The molecule has 0 bridgehead atoms. The molecule has 1 N–H and O–H groups in total. The number of nitrogens with zero attached hydrogens (tertiary/aromatic N) is 5. The Morgan fingerprint density at radius 1 is 1.00 bits per heavy atom. The van der Waals surface area contributed by atoms with Crippen LogP contribution in [0.25, 0.3) is 0 Å². The highest BCUT2D eigenvalue weighted by Gasteiger charge is 2.41. The standard InChI is InChI=1S/C18H22N6O5/c1-19-16-14(23(26)27)12-15(24(28)29)17(20(16)2)21-8-10-22(11-9-21)18(25)13-6-4-3-5-7-13/h3-7,19H,8-12H2,1-2H3. The SMILES string of the molecule is CNC1=C([N+](=O)[O-])CC([N+](=O)[O-])=C(N2CCN(C(=O)c3ccccc3)CC2)N1C. The molecule has 11 heteroatoms. The number of nitrogens with one attached hydrogen (secondary N) is 1. The van der Waals surface area contributed by atoms with E-state index in [1.54, 1.807) is 48.2 Å². The molecule has 0 spiro atoms. The maximum absolute atomic E-state index is 12.6. The molecule has 2 aliphatic rings. The quantitative estimate of drug-likeness (QED) is 0.569. The minimum atomic E-state index is -0.598. The number of hydrogen-bond acceptors (Lipinski definition) is 8. The van der Waals surface area contributed by atoms with E-state index in [4.69, 9.17) is 0 Å². The van der Waals surface area contributed by atoms with Crippen LogP contribution in [0.2, 0.25) is 0 Å². The number of carbonyl (C=O) groups is 1. The predicted molar refractivity (Wildman–Crippen MR) is 103 cm³/mol. The second-order valence-electron chi connectivity index (χ2n) is 6.71. The summed E-state index contributed by atoms with van der Waals surface area (Å²) in [6, 6.07) is 8.94. The van der Waals surface area contributed by atoms with Gasteiger partial charge in [-0.05, 0) is 12.1 Å². The fraction of sp³-hybridized carbons (Fsp3) is 0.389. The molecule has 1 aromatic carbocycles. The van der Waals surface area contributed by atoms with Crippen molar-refractivity contribution in [1.82, 2.24) is 20.0 Å². The van der Waals surface area contributed by atoms with Crippen LogP contribution in [0.15, 0.2) is 53.4 Å². The first-order chi connectivity index (χ1) is 13.8. The van der Waals surface area contributed by atoms with E-state index in [0.717, 1.165) is 0 Å². The Bertz CT molecular complexity index is 889. The molecular formula is C18H22N6O5. The monoisotopic (exact) mass is 402 g/mol. The first-order valence-corrected chi connectivity index (χ1v) is 9.11. The molecule has 1 saturated heterocycles. The van der Waals surface area contributed by atoms with E-state index >= 15 is 0 Å². The van der Waals surface area contributed by atoms with Crippen molar-refractivity contribution in [2.75, 3.05) is 40.3 Å². The minimum absolute atomic E-state index is 0.0859. The molecule has 0 atom stereocenters. The van der Waals surface area contributed by atoms with E-state index in [-0.39, 0.29) is 29.5 Å². The number of hydrogen-bond donors (Lipinski definition) is 1. The number of rotatable bonds is 5. The van der Waals surface area contributed by atoms with Gasteiger partial charge in [-0.1, -0.05) is 18.2 Å². The average molecular weight is 402 g/mol. The van der Waals surface area contributed by atoms with E-state index in [2.05, 4.69) is 5.32 Å². The van der Waals surface area contributed by atoms with Gasteiger partial charge in [0.15, 0.2) is 11.6 Å². The molecule has 0 radical (unpaired) electrons. The van der Waals surface area contributed by atoms with Crippen molar-refractivity contribution in [3.05, 3.63) is 79.2 Å². The third-order valence-electron chi connectivity index (χ3n) is 5.08. The molecule has 29 heavy (non-hydrogen) atoms. The van der Waals surface area contributed by atoms with Crippen LogP contribution in [0.5, 0.6) is 0 Å². The maximum atomic E-state index is 12.6. The van der Waals surface area contributed by atoms with Crippen molar-refractivity contribution in [3.63, 3.8) is 0 Å². The van der Waals surface area contributed by atoms with Crippen LogP contribution in [0.4, 0.5) is 0 Å². The van der Waals surface area contributed by atoms with Crippen LogP contribution in [0.3, 0.4) is 0 Å². The molecule has 2 aliphatic heterocycles. The first kappa shape index (κ1) is 20.1. The van der Waals surface area contributed by atoms with Gasteiger partial charge in [-0.2, -0.15) is 0 Å². The van der Waals surface area contributed by atoms with Crippen LogP contribution < -0.4 is 5.32 Å². The van der Waals surface area contributed by atoms with Crippen LogP contribution in [-0.4, -0.2) is 70.7 Å². The van der Waals surface area contributed by atoms with E-state index < -0.39 is 9.85 Å².